The molecular formula is C10H13ClFNO. The molecule has 1 unspecified atom stereocenters. The number of nitrogens with two attached hydrogens (primary N) is 1. The molecule has 1 atom stereocenters. The second-order valence-electron chi connectivity index (χ2n) is 3.23. The van der Waals surface area contributed by atoms with Crippen LogP contribution < -0.4 is 5.73 Å². The molecule has 0 saturated carbocycles. The normalized spacial score (nSPS) is 12.9. The van der Waals surface area contributed by atoms with Crippen molar-refractivity contribution in [3.8, 4) is 0 Å². The number of aliphatic hydroxyl groups excluding tert-OH is 1. The molecule has 0 aliphatic carbocycles. The van der Waals surface area contributed by atoms with Gasteiger partial charge in [0, 0.05) is 0 Å². The highest BCUT2D eigenvalue weighted by Gasteiger charge is 2.11. The van der Waals surface area contributed by atoms with E-state index in [4.69, 9.17) is 17.3 Å². The van der Waals surface area contributed by atoms with Crippen LogP contribution in [0.2, 0.25) is 5.02 Å². The van der Waals surface area contributed by atoms with E-state index in [1.165, 1.54) is 6.07 Å². The molecule has 0 spiro atoms. The summed E-state index contributed by atoms with van der Waals surface area (Å²) in [4.78, 5) is 0. The zero-order valence-corrected chi connectivity index (χ0v) is 8.68. The van der Waals surface area contributed by atoms with Gasteiger partial charge in [-0.25, -0.2) is 4.39 Å². The molecule has 0 aliphatic heterocycles. The van der Waals surface area contributed by atoms with Gasteiger partial charge < -0.3 is 10.8 Å². The van der Waals surface area contributed by atoms with Gasteiger partial charge in [0.05, 0.1) is 11.1 Å². The molecule has 0 saturated heterocycles. The predicted molar refractivity (Wildman–Crippen MR) is 54.8 cm³/mol. The van der Waals surface area contributed by atoms with E-state index in [1.54, 1.807) is 13.0 Å². The topological polar surface area (TPSA) is 46.2 Å². The smallest absolute Gasteiger partial charge is 0.144 e. The van der Waals surface area contributed by atoms with Crippen LogP contribution in [0.4, 0.5) is 4.39 Å². The van der Waals surface area contributed by atoms with E-state index in [0.717, 1.165) is 0 Å². The minimum Gasteiger partial charge on any atom is -0.388 e. The van der Waals surface area contributed by atoms with Crippen LogP contribution in [0.3, 0.4) is 0 Å². The summed E-state index contributed by atoms with van der Waals surface area (Å²) in [5, 5.41) is 9.64. The summed E-state index contributed by atoms with van der Waals surface area (Å²) in [6.45, 7) is 2.00. The molecule has 0 radical (unpaired) electrons. The van der Waals surface area contributed by atoms with E-state index in [2.05, 4.69) is 0 Å². The standard InChI is InChI=1S/C10H13ClFNO/c1-6-4-7(9(14)2-3-13)5-8(11)10(6)12/h4-5,9,14H,2-3,13H2,1H3. The van der Waals surface area contributed by atoms with E-state index in [-0.39, 0.29) is 5.02 Å². The SMILES string of the molecule is Cc1cc(C(O)CCN)cc(Cl)c1F. The minimum atomic E-state index is -0.670. The average molecular weight is 218 g/mol. The maximum Gasteiger partial charge on any atom is 0.144 e. The van der Waals surface area contributed by atoms with E-state index in [9.17, 15) is 9.50 Å². The fourth-order valence-corrected chi connectivity index (χ4v) is 1.55. The number of hydrogen-bond donors (Lipinski definition) is 2. The van der Waals surface area contributed by atoms with Gasteiger partial charge >= 0.3 is 0 Å². The van der Waals surface area contributed by atoms with Gasteiger partial charge in [-0.15, -0.1) is 0 Å². The fourth-order valence-electron chi connectivity index (χ4n) is 1.27. The maximum absolute atomic E-state index is 13.1. The molecule has 0 aliphatic rings. The lowest BCUT2D eigenvalue weighted by Crippen LogP contribution is -2.07. The Kier molecular flexibility index (Phi) is 3.86. The van der Waals surface area contributed by atoms with Gasteiger partial charge in [0.1, 0.15) is 5.82 Å². The lowest BCUT2D eigenvalue weighted by atomic mass is 10.0. The Morgan fingerprint density at radius 2 is 2.21 bits per heavy atom. The van der Waals surface area contributed by atoms with Crippen LogP contribution >= 0.6 is 11.6 Å². The van der Waals surface area contributed by atoms with Gasteiger partial charge in [0.25, 0.3) is 0 Å². The van der Waals surface area contributed by atoms with E-state index >= 15 is 0 Å². The Morgan fingerprint density at radius 3 is 2.71 bits per heavy atom. The third-order valence-electron chi connectivity index (χ3n) is 2.06. The summed E-state index contributed by atoms with van der Waals surface area (Å²) < 4.78 is 13.1. The molecule has 0 aromatic heterocycles. The van der Waals surface area contributed by atoms with Crippen molar-refractivity contribution >= 4 is 11.6 Å². The fraction of sp³-hybridized carbons (Fsp3) is 0.400. The Balaban J connectivity index is 3.00. The quantitative estimate of drug-likeness (QED) is 0.815. The molecule has 1 aromatic carbocycles. The maximum atomic E-state index is 13.1. The average Bonchev–Trinajstić information content (AvgIpc) is 2.13. The third-order valence-corrected chi connectivity index (χ3v) is 2.33. The molecule has 0 fully saturated rings. The summed E-state index contributed by atoms with van der Waals surface area (Å²) in [6.07, 6.45) is -0.224. The molecule has 14 heavy (non-hydrogen) atoms. The third kappa shape index (κ3) is 2.44. The van der Waals surface area contributed by atoms with Gasteiger partial charge in [0.15, 0.2) is 0 Å². The largest absolute Gasteiger partial charge is 0.388 e. The molecule has 2 nitrogen and oxygen atoms in total. The molecule has 1 aromatic rings. The second-order valence-corrected chi connectivity index (χ2v) is 3.63. The van der Waals surface area contributed by atoms with Crippen molar-refractivity contribution in [1.29, 1.82) is 0 Å². The van der Waals surface area contributed by atoms with Crippen molar-refractivity contribution in [2.24, 2.45) is 5.73 Å². The number of hydrogen-bond acceptors (Lipinski definition) is 2. The minimum absolute atomic E-state index is 0.0380. The summed E-state index contributed by atoms with van der Waals surface area (Å²) >= 11 is 5.65. The number of rotatable bonds is 3. The molecule has 4 heteroatoms. The Labute approximate surface area is 87.5 Å². The molecule has 0 heterocycles. The lowest BCUT2D eigenvalue weighted by Gasteiger charge is -2.11. The van der Waals surface area contributed by atoms with Crippen molar-refractivity contribution in [3.05, 3.63) is 34.1 Å². The molecule has 3 N–H and O–H groups in total. The Bertz CT molecular complexity index is 307. The first kappa shape index (κ1) is 11.4. The highest BCUT2D eigenvalue weighted by atomic mass is 35.5. The van der Waals surface area contributed by atoms with Gasteiger partial charge in [-0.1, -0.05) is 17.7 Å². The first-order valence-corrected chi connectivity index (χ1v) is 4.77. The van der Waals surface area contributed by atoms with Crippen LogP contribution in [0, 0.1) is 12.7 Å². The van der Waals surface area contributed by atoms with Crippen LogP contribution in [0.15, 0.2) is 12.1 Å². The van der Waals surface area contributed by atoms with Crippen molar-refractivity contribution in [3.63, 3.8) is 0 Å². The first-order valence-electron chi connectivity index (χ1n) is 4.40. The zero-order chi connectivity index (χ0) is 10.7. The highest BCUT2D eigenvalue weighted by molar-refractivity contribution is 6.30. The molecule has 0 bridgehead atoms. The second kappa shape index (κ2) is 4.73. The van der Waals surface area contributed by atoms with Crippen LogP contribution in [0.25, 0.3) is 0 Å². The summed E-state index contributed by atoms with van der Waals surface area (Å²) in [5.74, 6) is -0.435. The van der Waals surface area contributed by atoms with Crippen molar-refractivity contribution in [2.45, 2.75) is 19.4 Å². The van der Waals surface area contributed by atoms with Crippen molar-refractivity contribution in [1.82, 2.24) is 0 Å². The van der Waals surface area contributed by atoms with Gasteiger partial charge in [-0.3, -0.25) is 0 Å². The van der Waals surface area contributed by atoms with E-state index in [0.29, 0.717) is 24.1 Å². The van der Waals surface area contributed by atoms with Gasteiger partial charge in [0.2, 0.25) is 0 Å². The Hall–Kier alpha value is -0.640. The number of benzene rings is 1. The van der Waals surface area contributed by atoms with E-state index in [1.807, 2.05) is 0 Å². The monoisotopic (exact) mass is 217 g/mol. The summed E-state index contributed by atoms with van der Waals surface area (Å²) in [5.41, 5.74) is 6.35. The highest BCUT2D eigenvalue weighted by Crippen LogP contribution is 2.25. The number of aryl methyl sites for hydroxylation is 1. The number of halogens is 2. The zero-order valence-electron chi connectivity index (χ0n) is 7.93. The van der Waals surface area contributed by atoms with Crippen molar-refractivity contribution in [2.75, 3.05) is 6.54 Å². The van der Waals surface area contributed by atoms with Crippen LogP contribution in [-0.2, 0) is 0 Å². The Morgan fingerprint density at radius 1 is 1.57 bits per heavy atom. The lowest BCUT2D eigenvalue weighted by molar-refractivity contribution is 0.170. The van der Waals surface area contributed by atoms with E-state index < -0.39 is 11.9 Å². The summed E-state index contributed by atoms with van der Waals surface area (Å²) in [7, 11) is 0. The van der Waals surface area contributed by atoms with Crippen LogP contribution in [0.5, 0.6) is 0 Å². The first-order chi connectivity index (χ1) is 6.56. The molecule has 78 valence electrons. The van der Waals surface area contributed by atoms with Crippen molar-refractivity contribution < 1.29 is 9.50 Å². The predicted octanol–water partition coefficient (Wildman–Crippen LogP) is 2.17. The number of aliphatic hydroxyl groups is 1. The van der Waals surface area contributed by atoms with Crippen LogP contribution in [0.1, 0.15) is 23.7 Å². The summed E-state index contributed by atoms with van der Waals surface area (Å²) in [6, 6.07) is 3.02. The van der Waals surface area contributed by atoms with Crippen LogP contribution in [-0.4, -0.2) is 11.7 Å². The molecule has 1 rings (SSSR count). The molecule has 0 amide bonds. The van der Waals surface area contributed by atoms with Gasteiger partial charge in [-0.05, 0) is 37.1 Å². The molecular weight excluding hydrogens is 205 g/mol. The van der Waals surface area contributed by atoms with Gasteiger partial charge in [-0.2, -0.15) is 0 Å².